The topological polar surface area (TPSA) is 24.5 Å². The van der Waals surface area contributed by atoms with Crippen molar-refractivity contribution in [2.45, 2.75) is 45.9 Å². The molecule has 15 heavy (non-hydrogen) atoms. The molecule has 0 heterocycles. The van der Waals surface area contributed by atoms with E-state index in [1.54, 1.807) is 7.11 Å². The molecule has 0 spiro atoms. The highest BCUT2D eigenvalue weighted by atomic mass is 16.5. The average molecular weight is 216 g/mol. The van der Waals surface area contributed by atoms with Crippen LogP contribution in [-0.4, -0.2) is 50.8 Å². The third kappa shape index (κ3) is 5.50. The maximum atomic E-state index is 5.29. The minimum Gasteiger partial charge on any atom is -0.380 e. The summed E-state index contributed by atoms with van der Waals surface area (Å²) in [6.07, 6.45) is 0.264. The molecule has 0 rings (SSSR count). The zero-order chi connectivity index (χ0) is 12.0. The normalized spacial score (nSPS) is 18.2. The van der Waals surface area contributed by atoms with E-state index in [0.29, 0.717) is 18.0 Å². The van der Waals surface area contributed by atoms with Crippen LogP contribution in [0.15, 0.2) is 0 Å². The van der Waals surface area contributed by atoms with Gasteiger partial charge in [0.15, 0.2) is 0 Å². The van der Waals surface area contributed by atoms with E-state index in [1.807, 2.05) is 0 Å². The smallest absolute Gasteiger partial charge is 0.0693 e. The zero-order valence-corrected chi connectivity index (χ0v) is 11.4. The molecule has 0 aromatic rings. The highest BCUT2D eigenvalue weighted by Crippen LogP contribution is 2.07. The predicted molar refractivity (Wildman–Crippen MR) is 66.2 cm³/mol. The first-order valence-corrected chi connectivity index (χ1v) is 5.82. The summed E-state index contributed by atoms with van der Waals surface area (Å²) in [5.41, 5.74) is 0. The Balaban J connectivity index is 3.99. The highest BCUT2D eigenvalue weighted by Gasteiger charge is 2.18. The molecule has 0 saturated heterocycles. The van der Waals surface area contributed by atoms with Crippen molar-refractivity contribution < 1.29 is 4.74 Å². The Bertz CT molecular complexity index is 152. The second-order valence-electron chi connectivity index (χ2n) is 4.91. The maximum Gasteiger partial charge on any atom is 0.0693 e. The Morgan fingerprint density at radius 3 is 2.00 bits per heavy atom. The van der Waals surface area contributed by atoms with Crippen molar-refractivity contribution in [3.05, 3.63) is 0 Å². The molecular formula is C12H28N2O. The number of rotatable bonds is 7. The lowest BCUT2D eigenvalue weighted by Gasteiger charge is -2.30. The number of ether oxygens (including phenoxy) is 1. The Kier molecular flexibility index (Phi) is 7.14. The van der Waals surface area contributed by atoms with Gasteiger partial charge in [-0.25, -0.2) is 0 Å². The van der Waals surface area contributed by atoms with Crippen LogP contribution in [0.1, 0.15) is 27.7 Å². The number of nitrogens with one attached hydrogen (secondary N) is 1. The van der Waals surface area contributed by atoms with E-state index < -0.39 is 0 Å². The van der Waals surface area contributed by atoms with Crippen molar-refractivity contribution in [2.24, 2.45) is 5.92 Å². The third-order valence-electron chi connectivity index (χ3n) is 3.16. The van der Waals surface area contributed by atoms with Gasteiger partial charge in [-0.15, -0.1) is 0 Å². The second-order valence-corrected chi connectivity index (χ2v) is 4.91. The lowest BCUT2D eigenvalue weighted by Crippen LogP contribution is -2.47. The number of nitrogens with zero attached hydrogens (tertiary/aromatic N) is 1. The van der Waals surface area contributed by atoms with Gasteiger partial charge in [0.25, 0.3) is 0 Å². The molecule has 0 aliphatic rings. The molecule has 3 atom stereocenters. The third-order valence-corrected chi connectivity index (χ3v) is 3.16. The Morgan fingerprint density at radius 1 is 1.13 bits per heavy atom. The van der Waals surface area contributed by atoms with Gasteiger partial charge in [0.2, 0.25) is 0 Å². The van der Waals surface area contributed by atoms with Gasteiger partial charge in [-0.2, -0.15) is 0 Å². The summed E-state index contributed by atoms with van der Waals surface area (Å²) in [5.74, 6) is 0.664. The standard InChI is InChI=1S/C12H28N2O/c1-9(2)12(14(5)6)8-13-10(3)11(4)15-7/h9-13H,8H2,1-7H3. The molecule has 0 aromatic carbocycles. The number of hydrogen-bond acceptors (Lipinski definition) is 3. The lowest BCUT2D eigenvalue weighted by atomic mass is 10.0. The molecule has 0 saturated carbocycles. The van der Waals surface area contributed by atoms with E-state index in [4.69, 9.17) is 4.74 Å². The first kappa shape index (κ1) is 14.9. The fourth-order valence-corrected chi connectivity index (χ4v) is 1.69. The monoisotopic (exact) mass is 216 g/mol. The van der Waals surface area contributed by atoms with Crippen LogP contribution in [0.2, 0.25) is 0 Å². The molecule has 0 radical (unpaired) electrons. The number of hydrogen-bond donors (Lipinski definition) is 1. The van der Waals surface area contributed by atoms with E-state index in [2.05, 4.69) is 52.0 Å². The van der Waals surface area contributed by atoms with E-state index in [0.717, 1.165) is 6.54 Å². The minimum absolute atomic E-state index is 0.264. The van der Waals surface area contributed by atoms with Crippen molar-refractivity contribution in [2.75, 3.05) is 27.7 Å². The molecule has 3 unspecified atom stereocenters. The Hall–Kier alpha value is -0.120. The average Bonchev–Trinajstić information content (AvgIpc) is 2.15. The number of methoxy groups -OCH3 is 1. The van der Waals surface area contributed by atoms with E-state index >= 15 is 0 Å². The molecule has 0 aliphatic heterocycles. The predicted octanol–water partition coefficient (Wildman–Crippen LogP) is 1.59. The summed E-state index contributed by atoms with van der Waals surface area (Å²) in [5, 5.41) is 3.53. The van der Waals surface area contributed by atoms with Crippen LogP contribution in [-0.2, 0) is 4.74 Å². The molecule has 0 aliphatic carbocycles. The van der Waals surface area contributed by atoms with Crippen molar-refractivity contribution >= 4 is 0 Å². The fraction of sp³-hybridized carbons (Fsp3) is 1.00. The van der Waals surface area contributed by atoms with Crippen LogP contribution in [0.3, 0.4) is 0 Å². The minimum atomic E-state index is 0.264. The SMILES string of the molecule is COC(C)C(C)NCC(C(C)C)N(C)C. The van der Waals surface area contributed by atoms with Crippen molar-refractivity contribution in [3.63, 3.8) is 0 Å². The van der Waals surface area contributed by atoms with Crippen molar-refractivity contribution in [3.8, 4) is 0 Å². The fourth-order valence-electron chi connectivity index (χ4n) is 1.69. The van der Waals surface area contributed by atoms with Gasteiger partial charge in [-0.1, -0.05) is 13.8 Å². The first-order valence-electron chi connectivity index (χ1n) is 5.82. The molecule has 0 amide bonds. The van der Waals surface area contributed by atoms with Gasteiger partial charge >= 0.3 is 0 Å². The van der Waals surface area contributed by atoms with Crippen LogP contribution in [0.5, 0.6) is 0 Å². The summed E-state index contributed by atoms with van der Waals surface area (Å²) in [4.78, 5) is 2.28. The molecule has 92 valence electrons. The summed E-state index contributed by atoms with van der Waals surface area (Å²) < 4.78 is 5.29. The summed E-state index contributed by atoms with van der Waals surface area (Å²) in [7, 11) is 6.03. The van der Waals surface area contributed by atoms with Gasteiger partial charge in [0.05, 0.1) is 6.10 Å². The summed E-state index contributed by atoms with van der Waals surface area (Å²) in [6.45, 7) is 9.80. The first-order chi connectivity index (χ1) is 6.90. The highest BCUT2D eigenvalue weighted by molar-refractivity contribution is 4.76. The summed E-state index contributed by atoms with van der Waals surface area (Å²) in [6, 6.07) is 0.979. The van der Waals surface area contributed by atoms with Gasteiger partial charge in [-0.3, -0.25) is 0 Å². The quantitative estimate of drug-likeness (QED) is 0.699. The van der Waals surface area contributed by atoms with Crippen LogP contribution < -0.4 is 5.32 Å². The molecule has 0 aromatic heterocycles. The molecule has 3 nitrogen and oxygen atoms in total. The lowest BCUT2D eigenvalue weighted by molar-refractivity contribution is 0.0841. The van der Waals surface area contributed by atoms with Gasteiger partial charge < -0.3 is 15.0 Å². The van der Waals surface area contributed by atoms with Crippen molar-refractivity contribution in [1.29, 1.82) is 0 Å². The summed E-state index contributed by atoms with van der Waals surface area (Å²) >= 11 is 0. The van der Waals surface area contributed by atoms with Crippen LogP contribution in [0.25, 0.3) is 0 Å². The second kappa shape index (κ2) is 7.20. The molecular weight excluding hydrogens is 188 g/mol. The Morgan fingerprint density at radius 2 is 1.67 bits per heavy atom. The van der Waals surface area contributed by atoms with E-state index in [-0.39, 0.29) is 6.10 Å². The molecule has 0 bridgehead atoms. The van der Waals surface area contributed by atoms with E-state index in [9.17, 15) is 0 Å². The maximum absolute atomic E-state index is 5.29. The van der Waals surface area contributed by atoms with Gasteiger partial charge in [0, 0.05) is 25.7 Å². The van der Waals surface area contributed by atoms with Gasteiger partial charge in [-0.05, 0) is 33.9 Å². The van der Waals surface area contributed by atoms with Gasteiger partial charge in [0.1, 0.15) is 0 Å². The molecule has 1 N–H and O–H groups in total. The molecule has 3 heteroatoms. The molecule has 0 fully saturated rings. The Labute approximate surface area is 95.2 Å². The van der Waals surface area contributed by atoms with Crippen molar-refractivity contribution in [1.82, 2.24) is 10.2 Å². The van der Waals surface area contributed by atoms with E-state index in [1.165, 1.54) is 0 Å². The van der Waals surface area contributed by atoms with Crippen LogP contribution >= 0.6 is 0 Å². The van der Waals surface area contributed by atoms with Crippen LogP contribution in [0.4, 0.5) is 0 Å². The largest absolute Gasteiger partial charge is 0.380 e. The van der Waals surface area contributed by atoms with Crippen LogP contribution in [0, 0.1) is 5.92 Å². The number of likely N-dealkylation sites (N-methyl/N-ethyl adjacent to an activating group) is 1. The zero-order valence-electron chi connectivity index (χ0n) is 11.4.